The summed E-state index contributed by atoms with van der Waals surface area (Å²) in [6, 6.07) is 8.66. The van der Waals surface area contributed by atoms with Crippen LogP contribution in [0.2, 0.25) is 5.02 Å². The highest BCUT2D eigenvalue weighted by Crippen LogP contribution is 2.10. The van der Waals surface area contributed by atoms with Crippen molar-refractivity contribution < 1.29 is 0 Å². The molecule has 0 aromatic heterocycles. The summed E-state index contributed by atoms with van der Waals surface area (Å²) < 4.78 is 0. The lowest BCUT2D eigenvalue weighted by Gasteiger charge is -2.11. The highest BCUT2D eigenvalue weighted by molar-refractivity contribution is 6.30. The highest BCUT2D eigenvalue weighted by atomic mass is 35.5. The number of rotatable bonds is 4. The molecule has 1 aliphatic heterocycles. The molecule has 0 spiro atoms. The molecule has 0 saturated carbocycles. The molecule has 2 nitrogen and oxygen atoms in total. The van der Waals surface area contributed by atoms with Crippen molar-refractivity contribution >= 4 is 24.0 Å². The molecule has 2 N–H and O–H groups in total. The van der Waals surface area contributed by atoms with Gasteiger partial charge in [-0.25, -0.2) is 0 Å². The van der Waals surface area contributed by atoms with Crippen molar-refractivity contribution in [2.45, 2.75) is 25.4 Å². The summed E-state index contributed by atoms with van der Waals surface area (Å²) in [5.74, 6) is 0. The zero-order valence-electron chi connectivity index (χ0n) is 9.21. The van der Waals surface area contributed by atoms with Crippen LogP contribution in [-0.4, -0.2) is 19.1 Å². The average Bonchev–Trinajstić information content (AvgIpc) is 2.71. The number of nitrogens with one attached hydrogen (secondary N) is 2. The van der Waals surface area contributed by atoms with Gasteiger partial charge in [-0.1, -0.05) is 23.7 Å². The van der Waals surface area contributed by atoms with Crippen molar-refractivity contribution in [1.29, 1.82) is 0 Å². The molecule has 16 heavy (non-hydrogen) atoms. The Bertz CT molecular complexity index is 312. The number of hydrogen-bond acceptors (Lipinski definition) is 2. The predicted molar refractivity (Wildman–Crippen MR) is 71.4 cm³/mol. The quantitative estimate of drug-likeness (QED) is 0.870. The van der Waals surface area contributed by atoms with Crippen molar-refractivity contribution in [2.75, 3.05) is 13.1 Å². The second kappa shape index (κ2) is 7.13. The van der Waals surface area contributed by atoms with Crippen LogP contribution in [0.1, 0.15) is 18.4 Å². The van der Waals surface area contributed by atoms with E-state index in [2.05, 4.69) is 16.7 Å². The van der Waals surface area contributed by atoms with Gasteiger partial charge in [0.1, 0.15) is 0 Å². The average molecular weight is 261 g/mol. The van der Waals surface area contributed by atoms with Crippen molar-refractivity contribution in [3.8, 4) is 0 Å². The third kappa shape index (κ3) is 4.30. The lowest BCUT2D eigenvalue weighted by molar-refractivity contribution is 0.536. The smallest absolute Gasteiger partial charge is 0.0409 e. The minimum absolute atomic E-state index is 0. The molecule has 1 fully saturated rings. The topological polar surface area (TPSA) is 24.1 Å². The summed E-state index contributed by atoms with van der Waals surface area (Å²) >= 11 is 5.91. The van der Waals surface area contributed by atoms with Crippen molar-refractivity contribution in [3.63, 3.8) is 0 Å². The molecular formula is C12H18Cl2N2. The normalized spacial score (nSPS) is 19.4. The SMILES string of the molecule is Cl.Clc1cccc(CNCC2CCCN2)c1. The van der Waals surface area contributed by atoms with Crippen LogP contribution in [0.25, 0.3) is 0 Å². The Morgan fingerprint density at radius 2 is 2.31 bits per heavy atom. The van der Waals surface area contributed by atoms with E-state index in [1.807, 2.05) is 18.2 Å². The minimum atomic E-state index is 0. The number of hydrogen-bond donors (Lipinski definition) is 2. The van der Waals surface area contributed by atoms with Gasteiger partial charge in [0.05, 0.1) is 0 Å². The van der Waals surface area contributed by atoms with E-state index < -0.39 is 0 Å². The Hall–Kier alpha value is -0.280. The molecule has 1 aliphatic rings. The van der Waals surface area contributed by atoms with Crippen LogP contribution in [0.5, 0.6) is 0 Å². The van der Waals surface area contributed by atoms with Gasteiger partial charge in [-0.05, 0) is 37.1 Å². The zero-order chi connectivity index (χ0) is 10.5. The van der Waals surface area contributed by atoms with E-state index in [4.69, 9.17) is 11.6 Å². The maximum absolute atomic E-state index is 5.91. The summed E-state index contributed by atoms with van der Waals surface area (Å²) in [4.78, 5) is 0. The fraction of sp³-hybridized carbons (Fsp3) is 0.500. The number of benzene rings is 1. The lowest BCUT2D eigenvalue weighted by Crippen LogP contribution is -2.33. The molecular weight excluding hydrogens is 243 g/mol. The Balaban J connectivity index is 0.00000128. The molecule has 1 aromatic rings. The van der Waals surface area contributed by atoms with Crippen LogP contribution in [0.3, 0.4) is 0 Å². The highest BCUT2D eigenvalue weighted by Gasteiger charge is 2.12. The lowest BCUT2D eigenvalue weighted by atomic mass is 10.2. The molecule has 1 saturated heterocycles. The van der Waals surface area contributed by atoms with Crippen LogP contribution in [0, 0.1) is 0 Å². The second-order valence-corrected chi connectivity index (χ2v) is 4.49. The molecule has 1 atom stereocenters. The zero-order valence-corrected chi connectivity index (χ0v) is 10.8. The first-order chi connectivity index (χ1) is 7.34. The van der Waals surface area contributed by atoms with Gasteiger partial charge in [-0.15, -0.1) is 12.4 Å². The van der Waals surface area contributed by atoms with Crippen LogP contribution in [0.15, 0.2) is 24.3 Å². The Morgan fingerprint density at radius 1 is 1.44 bits per heavy atom. The van der Waals surface area contributed by atoms with E-state index in [0.717, 1.165) is 18.1 Å². The van der Waals surface area contributed by atoms with Crippen LogP contribution >= 0.6 is 24.0 Å². The van der Waals surface area contributed by atoms with Crippen molar-refractivity contribution in [2.24, 2.45) is 0 Å². The van der Waals surface area contributed by atoms with E-state index >= 15 is 0 Å². The maximum Gasteiger partial charge on any atom is 0.0409 e. The Morgan fingerprint density at radius 3 is 3.00 bits per heavy atom. The Labute approximate surface area is 108 Å². The molecule has 4 heteroatoms. The van der Waals surface area contributed by atoms with Gasteiger partial charge in [0.15, 0.2) is 0 Å². The summed E-state index contributed by atoms with van der Waals surface area (Å²) in [6.45, 7) is 3.12. The fourth-order valence-corrected chi connectivity index (χ4v) is 2.18. The molecule has 1 aromatic carbocycles. The summed E-state index contributed by atoms with van der Waals surface area (Å²) in [6.07, 6.45) is 2.60. The van der Waals surface area contributed by atoms with Gasteiger partial charge in [0.25, 0.3) is 0 Å². The molecule has 2 rings (SSSR count). The van der Waals surface area contributed by atoms with Gasteiger partial charge in [0, 0.05) is 24.2 Å². The van der Waals surface area contributed by atoms with E-state index in [0.29, 0.717) is 6.04 Å². The standard InChI is InChI=1S/C12H17ClN2.ClH/c13-11-4-1-3-10(7-11)8-14-9-12-5-2-6-15-12;/h1,3-4,7,12,14-15H,2,5-6,8-9H2;1H. The molecule has 1 unspecified atom stereocenters. The largest absolute Gasteiger partial charge is 0.313 e. The van der Waals surface area contributed by atoms with Crippen LogP contribution in [0.4, 0.5) is 0 Å². The van der Waals surface area contributed by atoms with E-state index in [1.165, 1.54) is 24.9 Å². The first-order valence-corrected chi connectivity index (χ1v) is 5.91. The molecule has 1 heterocycles. The van der Waals surface area contributed by atoms with Gasteiger partial charge >= 0.3 is 0 Å². The van der Waals surface area contributed by atoms with Gasteiger partial charge in [-0.2, -0.15) is 0 Å². The molecule has 0 bridgehead atoms. The van der Waals surface area contributed by atoms with Gasteiger partial charge in [-0.3, -0.25) is 0 Å². The predicted octanol–water partition coefficient (Wildman–Crippen LogP) is 2.60. The minimum Gasteiger partial charge on any atom is -0.313 e. The van der Waals surface area contributed by atoms with Crippen LogP contribution < -0.4 is 10.6 Å². The van der Waals surface area contributed by atoms with E-state index in [9.17, 15) is 0 Å². The maximum atomic E-state index is 5.91. The molecule has 0 amide bonds. The second-order valence-electron chi connectivity index (χ2n) is 4.05. The monoisotopic (exact) mass is 260 g/mol. The first kappa shape index (κ1) is 13.8. The summed E-state index contributed by atoms with van der Waals surface area (Å²) in [5, 5.41) is 7.73. The fourth-order valence-electron chi connectivity index (χ4n) is 1.97. The molecule has 0 aliphatic carbocycles. The first-order valence-electron chi connectivity index (χ1n) is 5.53. The third-order valence-corrected chi connectivity index (χ3v) is 3.01. The van der Waals surface area contributed by atoms with Gasteiger partial charge < -0.3 is 10.6 Å². The molecule has 90 valence electrons. The summed E-state index contributed by atoms with van der Waals surface area (Å²) in [5.41, 5.74) is 1.25. The van der Waals surface area contributed by atoms with Crippen LogP contribution in [-0.2, 0) is 6.54 Å². The van der Waals surface area contributed by atoms with Crippen molar-refractivity contribution in [3.05, 3.63) is 34.9 Å². The summed E-state index contributed by atoms with van der Waals surface area (Å²) in [7, 11) is 0. The number of halogens is 2. The Kier molecular flexibility index (Phi) is 6.14. The van der Waals surface area contributed by atoms with E-state index in [-0.39, 0.29) is 12.4 Å². The third-order valence-electron chi connectivity index (χ3n) is 2.77. The van der Waals surface area contributed by atoms with Gasteiger partial charge in [0.2, 0.25) is 0 Å². The molecule has 0 radical (unpaired) electrons. The van der Waals surface area contributed by atoms with E-state index in [1.54, 1.807) is 0 Å². The van der Waals surface area contributed by atoms with Crippen molar-refractivity contribution in [1.82, 2.24) is 10.6 Å².